The minimum Gasteiger partial charge on any atom is -0.391 e. The molecule has 0 aromatic carbocycles. The fourth-order valence-corrected chi connectivity index (χ4v) is 1.07. The molecule has 2 atom stereocenters. The lowest BCUT2D eigenvalue weighted by Gasteiger charge is -2.37. The van der Waals surface area contributed by atoms with Crippen LogP contribution in [0.5, 0.6) is 0 Å². The Morgan fingerprint density at radius 2 is 2.00 bits per heavy atom. The highest BCUT2D eigenvalue weighted by atomic mass is 16.3. The number of aliphatic hydroxyl groups is 1. The summed E-state index contributed by atoms with van der Waals surface area (Å²) in [6, 6.07) is 0.440. The van der Waals surface area contributed by atoms with Crippen LogP contribution < -0.4 is 0 Å². The maximum Gasteiger partial charge on any atom is 0.0695 e. The Morgan fingerprint density at radius 1 is 1.38 bits per heavy atom. The Labute approximate surface area is 50.1 Å². The van der Waals surface area contributed by atoms with Crippen molar-refractivity contribution in [2.75, 3.05) is 14.1 Å². The summed E-state index contributed by atoms with van der Waals surface area (Å²) < 4.78 is 0. The van der Waals surface area contributed by atoms with Crippen LogP contribution >= 0.6 is 0 Å². The van der Waals surface area contributed by atoms with Crippen LogP contribution in [0.15, 0.2) is 0 Å². The Balaban J connectivity index is 2.26. The van der Waals surface area contributed by atoms with Crippen LogP contribution in [0.2, 0.25) is 0 Å². The highest BCUT2D eigenvalue weighted by Crippen LogP contribution is 2.22. The van der Waals surface area contributed by atoms with E-state index in [0.29, 0.717) is 6.04 Å². The van der Waals surface area contributed by atoms with Crippen molar-refractivity contribution in [3.63, 3.8) is 0 Å². The number of hydrogen-bond donors (Lipinski definition) is 1. The number of aliphatic hydroxyl groups excluding tert-OH is 1. The molecule has 0 saturated heterocycles. The van der Waals surface area contributed by atoms with Crippen LogP contribution in [-0.4, -0.2) is 36.2 Å². The van der Waals surface area contributed by atoms with E-state index in [2.05, 4.69) is 4.90 Å². The van der Waals surface area contributed by atoms with E-state index >= 15 is 0 Å². The minimum atomic E-state index is -0.0509. The maximum absolute atomic E-state index is 9.04. The van der Waals surface area contributed by atoms with E-state index in [1.165, 1.54) is 0 Å². The molecule has 0 aromatic rings. The molecule has 2 heteroatoms. The largest absolute Gasteiger partial charge is 0.391 e. The van der Waals surface area contributed by atoms with Gasteiger partial charge in [-0.1, -0.05) is 0 Å². The van der Waals surface area contributed by atoms with Crippen molar-refractivity contribution in [3.05, 3.63) is 0 Å². The molecule has 1 saturated carbocycles. The summed E-state index contributed by atoms with van der Waals surface area (Å²) in [6.45, 7) is 0. The first kappa shape index (κ1) is 6.05. The fourth-order valence-electron chi connectivity index (χ4n) is 1.07. The molecule has 8 heavy (non-hydrogen) atoms. The van der Waals surface area contributed by atoms with E-state index in [0.717, 1.165) is 12.8 Å². The predicted octanol–water partition coefficient (Wildman–Crippen LogP) is 0.0713. The third-order valence-electron chi connectivity index (χ3n) is 1.87. The second-order valence-electron chi connectivity index (χ2n) is 2.68. The SMILES string of the molecule is CN(C)[C@@H]1CC[C@H]1O. The summed E-state index contributed by atoms with van der Waals surface area (Å²) in [5.74, 6) is 0. The molecule has 0 aromatic heterocycles. The molecule has 0 radical (unpaired) electrons. The van der Waals surface area contributed by atoms with Crippen LogP contribution in [-0.2, 0) is 0 Å². The zero-order valence-electron chi connectivity index (χ0n) is 5.46. The summed E-state index contributed by atoms with van der Waals surface area (Å²) in [5, 5.41) is 9.04. The van der Waals surface area contributed by atoms with Gasteiger partial charge in [-0.2, -0.15) is 0 Å². The molecule has 1 fully saturated rings. The first-order valence-corrected chi connectivity index (χ1v) is 3.06. The lowest BCUT2D eigenvalue weighted by atomic mass is 9.88. The van der Waals surface area contributed by atoms with Gasteiger partial charge in [0.15, 0.2) is 0 Å². The van der Waals surface area contributed by atoms with Gasteiger partial charge in [-0.15, -0.1) is 0 Å². The van der Waals surface area contributed by atoms with Crippen molar-refractivity contribution < 1.29 is 5.11 Å². The van der Waals surface area contributed by atoms with E-state index in [4.69, 9.17) is 5.11 Å². The van der Waals surface area contributed by atoms with Crippen LogP contribution in [0.1, 0.15) is 12.8 Å². The zero-order valence-corrected chi connectivity index (χ0v) is 5.46. The molecule has 0 bridgehead atoms. The normalized spacial score (nSPS) is 37.5. The average molecular weight is 115 g/mol. The van der Waals surface area contributed by atoms with E-state index in [-0.39, 0.29) is 6.10 Å². The van der Waals surface area contributed by atoms with Crippen LogP contribution in [0.4, 0.5) is 0 Å². The highest BCUT2D eigenvalue weighted by Gasteiger charge is 2.29. The predicted molar refractivity (Wildman–Crippen MR) is 32.7 cm³/mol. The summed E-state index contributed by atoms with van der Waals surface area (Å²) in [7, 11) is 4.01. The van der Waals surface area contributed by atoms with Gasteiger partial charge in [0.25, 0.3) is 0 Å². The van der Waals surface area contributed by atoms with E-state index in [1.807, 2.05) is 14.1 Å². The van der Waals surface area contributed by atoms with Crippen LogP contribution in [0.3, 0.4) is 0 Å². The molecule has 1 aliphatic rings. The van der Waals surface area contributed by atoms with Crippen molar-refractivity contribution in [2.45, 2.75) is 25.0 Å². The summed E-state index contributed by atoms with van der Waals surface area (Å²) >= 11 is 0. The molecule has 0 spiro atoms. The number of likely N-dealkylation sites (N-methyl/N-ethyl adjacent to an activating group) is 1. The van der Waals surface area contributed by atoms with Gasteiger partial charge in [0, 0.05) is 6.04 Å². The molecule has 2 nitrogen and oxygen atoms in total. The zero-order chi connectivity index (χ0) is 6.15. The van der Waals surface area contributed by atoms with Gasteiger partial charge in [-0.05, 0) is 26.9 Å². The molecule has 1 N–H and O–H groups in total. The second kappa shape index (κ2) is 2.03. The molecule has 0 amide bonds. The smallest absolute Gasteiger partial charge is 0.0695 e. The Hall–Kier alpha value is -0.0800. The second-order valence-corrected chi connectivity index (χ2v) is 2.68. The van der Waals surface area contributed by atoms with Crippen LogP contribution in [0, 0.1) is 0 Å². The molecule has 0 unspecified atom stereocenters. The number of nitrogens with zero attached hydrogens (tertiary/aromatic N) is 1. The lowest BCUT2D eigenvalue weighted by Crippen LogP contribution is -2.46. The average Bonchev–Trinajstić information content (AvgIpc) is 1.61. The summed E-state index contributed by atoms with van der Waals surface area (Å²) in [4.78, 5) is 2.08. The van der Waals surface area contributed by atoms with Gasteiger partial charge in [0.1, 0.15) is 0 Å². The Morgan fingerprint density at radius 3 is 2.00 bits per heavy atom. The standard InChI is InChI=1S/C6H13NO/c1-7(2)5-3-4-6(5)8/h5-6,8H,3-4H2,1-2H3/t5-,6-/m1/s1. The van der Waals surface area contributed by atoms with Crippen molar-refractivity contribution in [1.29, 1.82) is 0 Å². The molecule has 0 aliphatic heterocycles. The van der Waals surface area contributed by atoms with E-state index in [9.17, 15) is 0 Å². The summed E-state index contributed by atoms with van der Waals surface area (Å²) in [6.07, 6.45) is 2.10. The van der Waals surface area contributed by atoms with Gasteiger partial charge in [-0.25, -0.2) is 0 Å². The minimum absolute atomic E-state index is 0.0509. The Kier molecular flexibility index (Phi) is 1.54. The molecular formula is C6H13NO. The van der Waals surface area contributed by atoms with Crippen molar-refractivity contribution >= 4 is 0 Å². The van der Waals surface area contributed by atoms with Gasteiger partial charge in [-0.3, -0.25) is 0 Å². The highest BCUT2D eigenvalue weighted by molar-refractivity contribution is 4.85. The van der Waals surface area contributed by atoms with Gasteiger partial charge in [0.05, 0.1) is 6.10 Å². The number of hydrogen-bond acceptors (Lipinski definition) is 2. The number of rotatable bonds is 1. The molecule has 48 valence electrons. The topological polar surface area (TPSA) is 23.5 Å². The first-order valence-electron chi connectivity index (χ1n) is 3.06. The van der Waals surface area contributed by atoms with Crippen molar-refractivity contribution in [1.82, 2.24) is 4.90 Å². The third-order valence-corrected chi connectivity index (χ3v) is 1.87. The van der Waals surface area contributed by atoms with E-state index in [1.54, 1.807) is 0 Å². The monoisotopic (exact) mass is 115 g/mol. The fraction of sp³-hybridized carbons (Fsp3) is 1.00. The molecule has 1 aliphatic carbocycles. The van der Waals surface area contributed by atoms with Gasteiger partial charge >= 0.3 is 0 Å². The van der Waals surface area contributed by atoms with Crippen LogP contribution in [0.25, 0.3) is 0 Å². The quantitative estimate of drug-likeness (QED) is 0.523. The third kappa shape index (κ3) is 0.858. The van der Waals surface area contributed by atoms with Crippen molar-refractivity contribution in [3.8, 4) is 0 Å². The van der Waals surface area contributed by atoms with E-state index < -0.39 is 0 Å². The molecule has 0 heterocycles. The Bertz CT molecular complexity index is 77.8. The first-order chi connectivity index (χ1) is 3.72. The van der Waals surface area contributed by atoms with Crippen molar-refractivity contribution in [2.24, 2.45) is 0 Å². The lowest BCUT2D eigenvalue weighted by molar-refractivity contribution is 0.000766. The molecular weight excluding hydrogens is 102 g/mol. The molecule has 1 rings (SSSR count). The summed E-state index contributed by atoms with van der Waals surface area (Å²) in [5.41, 5.74) is 0. The van der Waals surface area contributed by atoms with Gasteiger partial charge < -0.3 is 10.0 Å². The maximum atomic E-state index is 9.04. The van der Waals surface area contributed by atoms with Gasteiger partial charge in [0.2, 0.25) is 0 Å².